The van der Waals surface area contributed by atoms with Gasteiger partial charge in [0.25, 0.3) is 5.56 Å². The number of likely N-dealkylation sites (tertiary alicyclic amines) is 1. The van der Waals surface area contributed by atoms with Crippen molar-refractivity contribution in [1.82, 2.24) is 14.5 Å². The van der Waals surface area contributed by atoms with Crippen LogP contribution in [0.1, 0.15) is 25.3 Å². The van der Waals surface area contributed by atoms with Crippen LogP contribution < -0.4 is 11.2 Å². The zero-order valence-electron chi connectivity index (χ0n) is 10.3. The maximum absolute atomic E-state index is 11.6. The van der Waals surface area contributed by atoms with Crippen LogP contribution in [0.2, 0.25) is 0 Å². The van der Waals surface area contributed by atoms with Crippen LogP contribution in [-0.2, 0) is 6.54 Å². The molecule has 1 aromatic rings. The summed E-state index contributed by atoms with van der Waals surface area (Å²) < 4.78 is 1.41. The molecule has 2 rings (SSSR count). The Balaban J connectivity index is 2.21. The normalized spacial score (nSPS) is 17.6. The van der Waals surface area contributed by atoms with Gasteiger partial charge < -0.3 is 0 Å². The van der Waals surface area contributed by atoms with Crippen LogP contribution in [0, 0.1) is 11.3 Å². The predicted octanol–water partition coefficient (Wildman–Crippen LogP) is -0.107. The quantitative estimate of drug-likeness (QED) is 0.809. The van der Waals surface area contributed by atoms with Crippen LogP contribution in [0.4, 0.5) is 0 Å². The summed E-state index contributed by atoms with van der Waals surface area (Å²) in [6.07, 6.45) is 3.72. The van der Waals surface area contributed by atoms with E-state index in [4.69, 9.17) is 5.26 Å². The summed E-state index contributed by atoms with van der Waals surface area (Å²) in [7, 11) is 0. The molecule has 0 bridgehead atoms. The minimum atomic E-state index is -0.618. The lowest BCUT2D eigenvalue weighted by Crippen LogP contribution is -2.39. The lowest BCUT2D eigenvalue weighted by molar-refractivity contribution is 0.233. The molecule has 96 valence electrons. The highest BCUT2D eigenvalue weighted by Gasteiger charge is 2.18. The van der Waals surface area contributed by atoms with E-state index >= 15 is 0 Å². The Kier molecular flexibility index (Phi) is 3.63. The van der Waals surface area contributed by atoms with E-state index in [0.717, 1.165) is 13.1 Å². The first-order valence-electron chi connectivity index (χ1n) is 6.09. The van der Waals surface area contributed by atoms with E-state index in [0.29, 0.717) is 6.54 Å². The van der Waals surface area contributed by atoms with Gasteiger partial charge in [-0.05, 0) is 32.9 Å². The van der Waals surface area contributed by atoms with Gasteiger partial charge in [0.2, 0.25) is 0 Å². The molecular weight excluding hydrogens is 232 g/mol. The summed E-state index contributed by atoms with van der Waals surface area (Å²) in [5, 5.41) is 8.78. The van der Waals surface area contributed by atoms with E-state index in [2.05, 4.69) is 16.8 Å². The van der Waals surface area contributed by atoms with Crippen molar-refractivity contribution in [3.63, 3.8) is 0 Å². The standard InChI is InChI=1S/C12H16N4O2/c1-9(15-4-2-3-5-15)7-16-8-10(6-13)11(17)14-12(16)18/h8-9H,2-5,7H2,1H3,(H,14,17,18)/t9-/m0/s1. The maximum atomic E-state index is 11.6. The number of H-pyrrole nitrogens is 1. The minimum absolute atomic E-state index is 0.0248. The van der Waals surface area contributed by atoms with Crippen molar-refractivity contribution in [2.75, 3.05) is 13.1 Å². The second kappa shape index (κ2) is 5.19. The van der Waals surface area contributed by atoms with Crippen LogP contribution in [0.25, 0.3) is 0 Å². The van der Waals surface area contributed by atoms with Gasteiger partial charge in [0.1, 0.15) is 11.6 Å². The van der Waals surface area contributed by atoms with E-state index in [9.17, 15) is 9.59 Å². The molecule has 6 nitrogen and oxygen atoms in total. The fourth-order valence-electron chi connectivity index (χ4n) is 2.31. The smallest absolute Gasteiger partial charge is 0.299 e. The molecular formula is C12H16N4O2. The Morgan fingerprint density at radius 1 is 1.44 bits per heavy atom. The van der Waals surface area contributed by atoms with Gasteiger partial charge in [0.15, 0.2) is 0 Å². The van der Waals surface area contributed by atoms with E-state index in [1.807, 2.05) is 0 Å². The summed E-state index contributed by atoms with van der Waals surface area (Å²) in [5.41, 5.74) is -1.10. The fourth-order valence-corrected chi connectivity index (χ4v) is 2.31. The molecule has 0 spiro atoms. The summed E-state index contributed by atoms with van der Waals surface area (Å²) in [4.78, 5) is 27.4. The molecule has 0 unspecified atom stereocenters. The molecule has 1 aromatic heterocycles. The van der Waals surface area contributed by atoms with Crippen molar-refractivity contribution in [2.24, 2.45) is 0 Å². The lowest BCUT2D eigenvalue weighted by atomic mass is 10.3. The van der Waals surface area contributed by atoms with Gasteiger partial charge in [0, 0.05) is 18.8 Å². The highest BCUT2D eigenvalue weighted by molar-refractivity contribution is 5.21. The molecule has 0 radical (unpaired) electrons. The molecule has 1 atom stereocenters. The van der Waals surface area contributed by atoms with Crippen LogP contribution in [0.5, 0.6) is 0 Å². The number of hydrogen-bond donors (Lipinski definition) is 1. The van der Waals surface area contributed by atoms with Gasteiger partial charge in [-0.2, -0.15) is 5.26 Å². The maximum Gasteiger partial charge on any atom is 0.328 e. The van der Waals surface area contributed by atoms with Gasteiger partial charge in [-0.1, -0.05) is 0 Å². The number of aromatic amines is 1. The number of nitriles is 1. The zero-order chi connectivity index (χ0) is 13.1. The zero-order valence-corrected chi connectivity index (χ0v) is 10.3. The van der Waals surface area contributed by atoms with Crippen molar-refractivity contribution < 1.29 is 0 Å². The molecule has 0 aliphatic carbocycles. The van der Waals surface area contributed by atoms with E-state index in [-0.39, 0.29) is 11.6 Å². The molecule has 0 amide bonds. The summed E-state index contributed by atoms with van der Waals surface area (Å²) >= 11 is 0. The van der Waals surface area contributed by atoms with Crippen molar-refractivity contribution >= 4 is 0 Å². The summed E-state index contributed by atoms with van der Waals surface area (Å²) in [5.74, 6) is 0. The molecule has 1 saturated heterocycles. The van der Waals surface area contributed by atoms with Gasteiger partial charge in [-0.25, -0.2) is 4.79 Å². The highest BCUT2D eigenvalue weighted by atomic mass is 16.2. The van der Waals surface area contributed by atoms with Crippen molar-refractivity contribution in [3.8, 4) is 6.07 Å². The van der Waals surface area contributed by atoms with Crippen molar-refractivity contribution in [1.29, 1.82) is 5.26 Å². The molecule has 2 heterocycles. The highest BCUT2D eigenvalue weighted by Crippen LogP contribution is 2.12. The Bertz CT molecular complexity index is 575. The Labute approximate surface area is 104 Å². The summed E-state index contributed by atoms with van der Waals surface area (Å²) in [6.45, 7) is 4.63. The Morgan fingerprint density at radius 3 is 2.72 bits per heavy atom. The third-order valence-electron chi connectivity index (χ3n) is 3.36. The monoisotopic (exact) mass is 248 g/mol. The van der Waals surface area contributed by atoms with Gasteiger partial charge in [-0.15, -0.1) is 0 Å². The first-order chi connectivity index (χ1) is 8.61. The predicted molar refractivity (Wildman–Crippen MR) is 66.3 cm³/mol. The molecule has 0 saturated carbocycles. The van der Waals surface area contributed by atoms with Crippen LogP contribution >= 0.6 is 0 Å². The van der Waals surface area contributed by atoms with Crippen LogP contribution in [0.3, 0.4) is 0 Å². The van der Waals surface area contributed by atoms with Gasteiger partial charge >= 0.3 is 5.69 Å². The van der Waals surface area contributed by atoms with Crippen LogP contribution in [-0.4, -0.2) is 33.6 Å². The SMILES string of the molecule is C[C@@H](Cn1cc(C#N)c(=O)[nH]c1=O)N1CCCC1. The van der Waals surface area contributed by atoms with Gasteiger partial charge in [-0.3, -0.25) is 19.2 Å². The van der Waals surface area contributed by atoms with Crippen LogP contribution in [0.15, 0.2) is 15.8 Å². The Hall–Kier alpha value is -1.87. The topological polar surface area (TPSA) is 81.9 Å². The van der Waals surface area contributed by atoms with E-state index in [1.54, 1.807) is 6.07 Å². The van der Waals surface area contributed by atoms with Crippen molar-refractivity contribution in [2.45, 2.75) is 32.4 Å². The first kappa shape index (κ1) is 12.6. The molecule has 1 aliphatic rings. The largest absolute Gasteiger partial charge is 0.328 e. The molecule has 18 heavy (non-hydrogen) atoms. The molecule has 6 heteroatoms. The lowest BCUT2D eigenvalue weighted by Gasteiger charge is -2.24. The first-order valence-corrected chi connectivity index (χ1v) is 6.09. The second-order valence-electron chi connectivity index (χ2n) is 4.66. The molecule has 1 N–H and O–H groups in total. The summed E-state index contributed by atoms with van der Waals surface area (Å²) in [6, 6.07) is 2.01. The van der Waals surface area contributed by atoms with Crippen molar-refractivity contribution in [3.05, 3.63) is 32.6 Å². The van der Waals surface area contributed by atoms with E-state index < -0.39 is 11.2 Å². The Morgan fingerprint density at radius 2 is 2.11 bits per heavy atom. The minimum Gasteiger partial charge on any atom is -0.299 e. The fraction of sp³-hybridized carbons (Fsp3) is 0.583. The number of rotatable bonds is 3. The third kappa shape index (κ3) is 2.51. The van der Waals surface area contributed by atoms with E-state index in [1.165, 1.54) is 23.6 Å². The van der Waals surface area contributed by atoms with Gasteiger partial charge in [0.05, 0.1) is 0 Å². The number of hydrogen-bond acceptors (Lipinski definition) is 4. The molecule has 0 aromatic carbocycles. The third-order valence-corrected chi connectivity index (χ3v) is 3.36. The average molecular weight is 248 g/mol. The molecule has 1 aliphatic heterocycles. The number of nitrogens with one attached hydrogen (secondary N) is 1. The molecule has 1 fully saturated rings. The number of nitrogens with zero attached hydrogens (tertiary/aromatic N) is 3. The number of aromatic nitrogens is 2. The average Bonchev–Trinajstić information content (AvgIpc) is 2.86. The second-order valence-corrected chi connectivity index (χ2v) is 4.66.